The molecule has 0 radical (unpaired) electrons. The van der Waals surface area contributed by atoms with Crippen LogP contribution >= 0.6 is 15.9 Å². The lowest BCUT2D eigenvalue weighted by molar-refractivity contribution is 0.209. The van der Waals surface area contributed by atoms with Crippen LogP contribution in [0.2, 0.25) is 0 Å². The third-order valence-corrected chi connectivity index (χ3v) is 4.00. The number of nitrogens with one attached hydrogen (secondary N) is 1. The molecule has 1 aromatic heterocycles. The van der Waals surface area contributed by atoms with E-state index in [4.69, 9.17) is 10.8 Å². The van der Waals surface area contributed by atoms with E-state index >= 15 is 0 Å². The molecule has 120 valence electrons. The van der Waals surface area contributed by atoms with Crippen LogP contribution in [0.1, 0.15) is 18.3 Å². The van der Waals surface area contributed by atoms with Gasteiger partial charge in [-0.3, -0.25) is 10.3 Å². The van der Waals surface area contributed by atoms with Gasteiger partial charge in [-0.1, -0.05) is 0 Å². The molecule has 1 aliphatic heterocycles. The third kappa shape index (κ3) is 2.79. The molecule has 1 aromatic carbocycles. The largest absolute Gasteiger partial charge is 0.465 e. The van der Waals surface area contributed by atoms with E-state index in [9.17, 15) is 9.18 Å². The average molecular weight is 382 g/mol. The fraction of sp³-hybridized carbons (Fsp3) is 0.214. The van der Waals surface area contributed by atoms with Crippen molar-refractivity contribution in [2.24, 2.45) is 10.7 Å². The van der Waals surface area contributed by atoms with E-state index in [2.05, 4.69) is 31.2 Å². The normalized spacial score (nSPS) is 19.9. The van der Waals surface area contributed by atoms with Crippen molar-refractivity contribution in [3.05, 3.63) is 46.2 Å². The van der Waals surface area contributed by atoms with Crippen molar-refractivity contribution in [3.63, 3.8) is 0 Å². The fourth-order valence-corrected chi connectivity index (χ4v) is 3.09. The van der Waals surface area contributed by atoms with E-state index in [-0.39, 0.29) is 17.1 Å². The second-order valence-corrected chi connectivity index (χ2v) is 6.22. The number of imidazole rings is 1. The SMILES string of the molecule is CC1(c2cc(NC(=O)O)ccc2F)Cn2cc(Br)nc2C(N)=N1. The highest BCUT2D eigenvalue weighted by Gasteiger charge is 2.35. The Morgan fingerprint density at radius 1 is 1.57 bits per heavy atom. The number of hydrogen-bond donors (Lipinski definition) is 3. The molecule has 7 nitrogen and oxygen atoms in total. The summed E-state index contributed by atoms with van der Waals surface area (Å²) in [4.78, 5) is 19.4. The van der Waals surface area contributed by atoms with Crippen molar-refractivity contribution < 1.29 is 14.3 Å². The van der Waals surface area contributed by atoms with Crippen LogP contribution < -0.4 is 11.1 Å². The number of nitrogens with two attached hydrogens (primary N) is 1. The molecular formula is C14H13BrFN5O2. The highest BCUT2D eigenvalue weighted by atomic mass is 79.9. The summed E-state index contributed by atoms with van der Waals surface area (Å²) in [6.45, 7) is 2.06. The van der Waals surface area contributed by atoms with Crippen molar-refractivity contribution >= 4 is 33.5 Å². The number of benzene rings is 1. The molecule has 1 amide bonds. The summed E-state index contributed by atoms with van der Waals surface area (Å²) in [6, 6.07) is 3.99. The minimum absolute atomic E-state index is 0.195. The number of rotatable bonds is 2. The van der Waals surface area contributed by atoms with Gasteiger partial charge in [-0.2, -0.15) is 0 Å². The van der Waals surface area contributed by atoms with Gasteiger partial charge in [0.2, 0.25) is 0 Å². The number of anilines is 1. The summed E-state index contributed by atoms with van der Waals surface area (Å²) >= 11 is 3.28. The predicted molar refractivity (Wildman–Crippen MR) is 86.1 cm³/mol. The van der Waals surface area contributed by atoms with E-state index in [0.29, 0.717) is 17.0 Å². The van der Waals surface area contributed by atoms with Gasteiger partial charge in [-0.15, -0.1) is 0 Å². The number of hydrogen-bond acceptors (Lipinski definition) is 4. The molecule has 0 fully saturated rings. The molecule has 1 unspecified atom stereocenters. The monoisotopic (exact) mass is 381 g/mol. The first-order valence-corrected chi connectivity index (χ1v) is 7.46. The smallest absolute Gasteiger partial charge is 0.409 e. The van der Waals surface area contributed by atoms with E-state index in [0.717, 1.165) is 0 Å². The molecular weight excluding hydrogens is 369 g/mol. The van der Waals surface area contributed by atoms with Gasteiger partial charge in [0.25, 0.3) is 0 Å². The molecule has 0 aliphatic carbocycles. The van der Waals surface area contributed by atoms with Crippen LogP contribution in [0.5, 0.6) is 0 Å². The summed E-state index contributed by atoms with van der Waals surface area (Å²) < 4.78 is 16.7. The quantitative estimate of drug-likeness (QED) is 0.742. The highest BCUT2D eigenvalue weighted by Crippen LogP contribution is 2.35. The number of amidine groups is 1. The number of fused-ring (bicyclic) bond motifs is 1. The Bertz CT molecular complexity index is 835. The summed E-state index contributed by atoms with van der Waals surface area (Å²) in [5.41, 5.74) is 5.50. The number of carboxylic acid groups (broad SMARTS) is 1. The minimum Gasteiger partial charge on any atom is -0.465 e. The standard InChI is InChI=1S/C14H13BrFN5O2/c1-14(6-21-5-10(15)19-12(21)11(17)20-14)8-4-7(18-13(22)23)2-3-9(8)16/h2-5,18H,6H2,1H3,(H2,17,20)(H,22,23). The second-order valence-electron chi connectivity index (χ2n) is 5.41. The molecule has 1 aliphatic rings. The average Bonchev–Trinajstić information content (AvgIpc) is 2.81. The Hall–Kier alpha value is -2.42. The molecule has 0 saturated heterocycles. The van der Waals surface area contributed by atoms with E-state index in [1.54, 1.807) is 17.7 Å². The lowest BCUT2D eigenvalue weighted by atomic mass is 9.90. The molecule has 0 saturated carbocycles. The Balaban J connectivity index is 2.07. The van der Waals surface area contributed by atoms with Crippen LogP contribution in [0.4, 0.5) is 14.9 Å². The Morgan fingerprint density at radius 3 is 3.00 bits per heavy atom. The first-order chi connectivity index (χ1) is 10.8. The zero-order valence-corrected chi connectivity index (χ0v) is 13.6. The van der Waals surface area contributed by atoms with Gasteiger partial charge in [-0.05, 0) is 41.1 Å². The molecule has 9 heteroatoms. The van der Waals surface area contributed by atoms with Crippen molar-refractivity contribution in [2.45, 2.75) is 19.0 Å². The van der Waals surface area contributed by atoms with Crippen LogP contribution in [0.25, 0.3) is 0 Å². The van der Waals surface area contributed by atoms with Crippen molar-refractivity contribution in [1.29, 1.82) is 0 Å². The molecule has 3 rings (SSSR count). The molecule has 2 aromatic rings. The molecule has 2 heterocycles. The summed E-state index contributed by atoms with van der Waals surface area (Å²) in [5, 5.41) is 11.0. The van der Waals surface area contributed by atoms with Crippen LogP contribution in [-0.4, -0.2) is 26.6 Å². The lowest BCUT2D eigenvalue weighted by Crippen LogP contribution is -2.37. The van der Waals surface area contributed by atoms with Gasteiger partial charge in [0.15, 0.2) is 11.7 Å². The molecule has 1 atom stereocenters. The molecule has 0 bridgehead atoms. The van der Waals surface area contributed by atoms with E-state index in [1.165, 1.54) is 18.2 Å². The Labute approximate surface area is 139 Å². The number of aromatic nitrogens is 2. The number of halogens is 2. The van der Waals surface area contributed by atoms with Crippen molar-refractivity contribution in [2.75, 3.05) is 5.32 Å². The van der Waals surface area contributed by atoms with Gasteiger partial charge < -0.3 is 15.4 Å². The van der Waals surface area contributed by atoms with Crippen LogP contribution in [-0.2, 0) is 12.1 Å². The van der Waals surface area contributed by atoms with Gasteiger partial charge in [0.1, 0.15) is 16.0 Å². The van der Waals surface area contributed by atoms with Gasteiger partial charge >= 0.3 is 6.09 Å². The first-order valence-electron chi connectivity index (χ1n) is 6.67. The summed E-state index contributed by atoms with van der Waals surface area (Å²) in [6.07, 6.45) is 0.520. The fourth-order valence-electron chi connectivity index (χ4n) is 2.68. The molecule has 0 spiro atoms. The van der Waals surface area contributed by atoms with Crippen molar-refractivity contribution in [3.8, 4) is 0 Å². The first kappa shape index (κ1) is 15.5. The maximum absolute atomic E-state index is 14.3. The maximum atomic E-state index is 14.3. The van der Waals surface area contributed by atoms with E-state index < -0.39 is 17.4 Å². The zero-order valence-electron chi connectivity index (χ0n) is 12.0. The van der Waals surface area contributed by atoms with Crippen molar-refractivity contribution in [1.82, 2.24) is 9.55 Å². The van der Waals surface area contributed by atoms with Gasteiger partial charge in [0, 0.05) is 17.4 Å². The number of nitrogens with zero attached hydrogens (tertiary/aromatic N) is 3. The Kier molecular flexibility index (Phi) is 3.59. The third-order valence-electron chi connectivity index (χ3n) is 3.62. The molecule has 4 N–H and O–H groups in total. The number of amides is 1. The minimum atomic E-state index is -1.22. The van der Waals surface area contributed by atoms with Gasteiger partial charge in [0.05, 0.1) is 6.54 Å². The zero-order chi connectivity index (χ0) is 16.8. The van der Waals surface area contributed by atoms with Crippen LogP contribution in [0, 0.1) is 5.82 Å². The second kappa shape index (κ2) is 5.34. The number of carbonyl (C=O) groups is 1. The summed E-state index contributed by atoms with van der Waals surface area (Å²) in [5.74, 6) is 0.220. The number of aliphatic imine (C=N–C) groups is 1. The maximum Gasteiger partial charge on any atom is 0.409 e. The van der Waals surface area contributed by atoms with E-state index in [1.807, 2.05) is 0 Å². The highest BCUT2D eigenvalue weighted by molar-refractivity contribution is 9.10. The van der Waals surface area contributed by atoms with Gasteiger partial charge in [-0.25, -0.2) is 14.2 Å². The molecule has 23 heavy (non-hydrogen) atoms. The van der Waals surface area contributed by atoms with Crippen LogP contribution in [0.15, 0.2) is 34.0 Å². The Morgan fingerprint density at radius 2 is 2.30 bits per heavy atom. The topological polar surface area (TPSA) is 106 Å². The lowest BCUT2D eigenvalue weighted by Gasteiger charge is -2.31. The predicted octanol–water partition coefficient (Wildman–Crippen LogP) is 2.51. The van der Waals surface area contributed by atoms with Crippen LogP contribution in [0.3, 0.4) is 0 Å². The summed E-state index contributed by atoms with van der Waals surface area (Å²) in [7, 11) is 0.